The molecule has 2 aromatic rings. The molecule has 1 saturated heterocycles. The van der Waals surface area contributed by atoms with Crippen LogP contribution < -0.4 is 4.90 Å². The summed E-state index contributed by atoms with van der Waals surface area (Å²) in [5.41, 5.74) is 0.0680. The molecule has 0 unspecified atom stereocenters. The van der Waals surface area contributed by atoms with Gasteiger partial charge < -0.3 is 4.90 Å². The van der Waals surface area contributed by atoms with Crippen LogP contribution >= 0.6 is 0 Å². The Balaban J connectivity index is 1.58. The lowest BCUT2D eigenvalue weighted by Crippen LogP contribution is -2.58. The van der Waals surface area contributed by atoms with Gasteiger partial charge in [-0.05, 0) is 18.7 Å². The molecule has 0 bridgehead atoms. The number of likely N-dealkylation sites (N-methyl/N-ethyl adjacent to an activating group) is 1. The Labute approximate surface area is 132 Å². The highest BCUT2D eigenvalue weighted by molar-refractivity contribution is 5.39. The van der Waals surface area contributed by atoms with E-state index in [1.165, 1.54) is 12.1 Å². The second kappa shape index (κ2) is 6.16. The summed E-state index contributed by atoms with van der Waals surface area (Å²) < 4.78 is 38.2. The number of rotatable bonds is 4. The number of nitrogens with zero attached hydrogens (tertiary/aromatic N) is 4. The summed E-state index contributed by atoms with van der Waals surface area (Å²) in [6.07, 6.45) is 0.687. The lowest BCUT2D eigenvalue weighted by molar-refractivity contribution is -0.137. The monoisotopic (exact) mass is 322 g/mol. The van der Waals surface area contributed by atoms with Gasteiger partial charge in [-0.25, -0.2) is 4.98 Å². The molecule has 1 fully saturated rings. The zero-order chi connectivity index (χ0) is 16.4. The first-order chi connectivity index (χ1) is 10.9. The van der Waals surface area contributed by atoms with E-state index in [2.05, 4.69) is 19.8 Å². The second-order valence-corrected chi connectivity index (χ2v) is 5.74. The fraction of sp³-hybridized carbons (Fsp3) is 0.375. The highest BCUT2D eigenvalue weighted by atomic mass is 19.4. The van der Waals surface area contributed by atoms with Crippen LogP contribution in [0.1, 0.15) is 11.1 Å². The first-order valence-electron chi connectivity index (χ1n) is 7.31. The van der Waals surface area contributed by atoms with E-state index >= 15 is 0 Å². The van der Waals surface area contributed by atoms with Crippen molar-refractivity contribution in [2.24, 2.45) is 0 Å². The molecule has 1 aromatic heterocycles. The Bertz CT molecular complexity index is 654. The van der Waals surface area contributed by atoms with Gasteiger partial charge in [0.1, 0.15) is 5.82 Å². The molecule has 0 saturated carbocycles. The smallest absolute Gasteiger partial charge is 0.352 e. The first kappa shape index (κ1) is 15.7. The normalized spacial score (nSPS) is 15.8. The third kappa shape index (κ3) is 3.61. The van der Waals surface area contributed by atoms with Crippen LogP contribution in [0.3, 0.4) is 0 Å². The van der Waals surface area contributed by atoms with E-state index in [4.69, 9.17) is 0 Å². The van der Waals surface area contributed by atoms with Gasteiger partial charge in [0.05, 0.1) is 11.8 Å². The summed E-state index contributed by atoms with van der Waals surface area (Å²) >= 11 is 0. The van der Waals surface area contributed by atoms with Crippen molar-refractivity contribution < 1.29 is 13.2 Å². The van der Waals surface area contributed by atoms with E-state index in [0.717, 1.165) is 25.0 Å². The summed E-state index contributed by atoms with van der Waals surface area (Å²) in [5.74, 6) is 0.830. The highest BCUT2D eigenvalue weighted by Gasteiger charge is 2.32. The van der Waals surface area contributed by atoms with Gasteiger partial charge >= 0.3 is 6.18 Å². The minimum atomic E-state index is -4.30. The predicted octanol–water partition coefficient (Wildman–Crippen LogP) is 2.82. The van der Waals surface area contributed by atoms with Gasteiger partial charge in [-0.15, -0.1) is 0 Å². The number of aromatic nitrogens is 2. The molecule has 0 radical (unpaired) electrons. The molecule has 0 atom stereocenters. The van der Waals surface area contributed by atoms with Crippen LogP contribution in [0, 0.1) is 0 Å². The molecule has 0 amide bonds. The molecule has 7 heteroatoms. The topological polar surface area (TPSA) is 32.3 Å². The Morgan fingerprint density at radius 3 is 2.70 bits per heavy atom. The Kier molecular flexibility index (Phi) is 4.21. The van der Waals surface area contributed by atoms with Gasteiger partial charge in [-0.1, -0.05) is 18.2 Å². The van der Waals surface area contributed by atoms with Crippen molar-refractivity contribution in [1.29, 1.82) is 0 Å². The molecular formula is C16H17F3N4. The lowest BCUT2D eigenvalue weighted by atomic mass is 10.1. The maximum atomic E-state index is 12.7. The van der Waals surface area contributed by atoms with Crippen LogP contribution in [0.15, 0.2) is 42.9 Å². The zero-order valence-corrected chi connectivity index (χ0v) is 12.7. The number of halogens is 3. The number of alkyl halides is 3. The average Bonchev–Trinajstić information content (AvgIpc) is 2.46. The molecule has 1 aliphatic heterocycles. The van der Waals surface area contributed by atoms with Crippen LogP contribution in [-0.2, 0) is 12.7 Å². The van der Waals surface area contributed by atoms with E-state index < -0.39 is 11.7 Å². The average molecular weight is 322 g/mol. The van der Waals surface area contributed by atoms with Crippen molar-refractivity contribution in [1.82, 2.24) is 14.9 Å². The number of hydrogen-bond donors (Lipinski definition) is 0. The van der Waals surface area contributed by atoms with Gasteiger partial charge in [0.15, 0.2) is 0 Å². The highest BCUT2D eigenvalue weighted by Crippen LogP contribution is 2.30. The van der Waals surface area contributed by atoms with Crippen LogP contribution in [-0.4, -0.2) is 41.0 Å². The maximum absolute atomic E-state index is 12.7. The van der Waals surface area contributed by atoms with Crippen molar-refractivity contribution >= 4 is 5.82 Å². The molecular weight excluding hydrogens is 305 g/mol. The van der Waals surface area contributed by atoms with Gasteiger partial charge in [-0.2, -0.15) is 13.2 Å². The van der Waals surface area contributed by atoms with Crippen LogP contribution in [0.4, 0.5) is 19.0 Å². The Morgan fingerprint density at radius 2 is 2.04 bits per heavy atom. The fourth-order valence-corrected chi connectivity index (χ4v) is 2.64. The van der Waals surface area contributed by atoms with Gasteiger partial charge in [0.2, 0.25) is 0 Å². The van der Waals surface area contributed by atoms with Crippen LogP contribution in [0.5, 0.6) is 0 Å². The van der Waals surface area contributed by atoms with Crippen molar-refractivity contribution in [3.8, 4) is 0 Å². The van der Waals surface area contributed by atoms with E-state index in [1.807, 2.05) is 7.05 Å². The molecule has 0 aliphatic carbocycles. The SMILES string of the molecule is CN(Cc1cccc(C(F)(F)F)c1)C1CN(c2cnccn2)C1. The van der Waals surface area contributed by atoms with E-state index in [9.17, 15) is 13.2 Å². The molecule has 23 heavy (non-hydrogen) atoms. The lowest BCUT2D eigenvalue weighted by Gasteiger charge is -2.44. The zero-order valence-electron chi connectivity index (χ0n) is 12.7. The molecule has 3 rings (SSSR count). The fourth-order valence-electron chi connectivity index (χ4n) is 2.64. The van der Waals surface area contributed by atoms with Crippen molar-refractivity contribution in [3.05, 3.63) is 54.0 Å². The number of hydrogen-bond acceptors (Lipinski definition) is 4. The standard InChI is InChI=1S/C16H17F3N4/c1-22(9-12-3-2-4-13(7-12)16(17,18)19)14-10-23(11-14)15-8-20-5-6-21-15/h2-8,14H,9-11H2,1H3. The summed E-state index contributed by atoms with van der Waals surface area (Å²) in [5, 5.41) is 0. The third-order valence-electron chi connectivity index (χ3n) is 4.05. The first-order valence-corrected chi connectivity index (χ1v) is 7.31. The Hall–Kier alpha value is -2.15. The predicted molar refractivity (Wildman–Crippen MR) is 80.9 cm³/mol. The molecule has 0 spiro atoms. The molecule has 1 aromatic carbocycles. The summed E-state index contributed by atoms with van der Waals surface area (Å²) in [6, 6.07) is 5.80. The van der Waals surface area contributed by atoms with Crippen molar-refractivity contribution in [2.45, 2.75) is 18.8 Å². The third-order valence-corrected chi connectivity index (χ3v) is 4.05. The summed E-state index contributed by atoms with van der Waals surface area (Å²) in [7, 11) is 1.93. The quantitative estimate of drug-likeness (QED) is 0.866. The Morgan fingerprint density at radius 1 is 1.26 bits per heavy atom. The molecule has 2 heterocycles. The maximum Gasteiger partial charge on any atom is 0.416 e. The van der Waals surface area contributed by atoms with E-state index in [0.29, 0.717) is 18.2 Å². The molecule has 122 valence electrons. The minimum absolute atomic E-state index is 0.298. The molecule has 0 N–H and O–H groups in total. The molecule has 4 nitrogen and oxygen atoms in total. The van der Waals surface area contributed by atoms with E-state index in [1.54, 1.807) is 24.7 Å². The van der Waals surface area contributed by atoms with Crippen LogP contribution in [0.2, 0.25) is 0 Å². The summed E-state index contributed by atoms with van der Waals surface area (Å²) in [6.45, 7) is 2.09. The van der Waals surface area contributed by atoms with E-state index in [-0.39, 0.29) is 0 Å². The minimum Gasteiger partial charge on any atom is -0.352 e. The van der Waals surface area contributed by atoms with Crippen LogP contribution in [0.25, 0.3) is 0 Å². The summed E-state index contributed by atoms with van der Waals surface area (Å²) in [4.78, 5) is 12.4. The largest absolute Gasteiger partial charge is 0.416 e. The van der Waals surface area contributed by atoms with Gasteiger partial charge in [0, 0.05) is 38.1 Å². The second-order valence-electron chi connectivity index (χ2n) is 5.74. The number of benzene rings is 1. The van der Waals surface area contributed by atoms with Crippen molar-refractivity contribution in [2.75, 3.05) is 25.0 Å². The molecule has 1 aliphatic rings. The van der Waals surface area contributed by atoms with Crippen molar-refractivity contribution in [3.63, 3.8) is 0 Å². The van der Waals surface area contributed by atoms with Gasteiger partial charge in [-0.3, -0.25) is 9.88 Å². The number of anilines is 1. The van der Waals surface area contributed by atoms with Gasteiger partial charge in [0.25, 0.3) is 0 Å².